The molecule has 0 spiro atoms. The molecule has 0 aliphatic carbocycles. The number of aromatic nitrogens is 1. The lowest BCUT2D eigenvalue weighted by Crippen LogP contribution is -2.06. The van der Waals surface area contributed by atoms with E-state index in [0.717, 1.165) is 26.0 Å². The first-order chi connectivity index (χ1) is 11.2. The molecule has 0 aliphatic rings. The van der Waals surface area contributed by atoms with Gasteiger partial charge in [0.2, 0.25) is 0 Å². The lowest BCUT2D eigenvalue weighted by molar-refractivity contribution is -0.142. The lowest BCUT2D eigenvalue weighted by Gasteiger charge is -2.00. The predicted octanol–water partition coefficient (Wildman–Crippen LogP) is 4.78. The molecule has 3 nitrogen and oxygen atoms in total. The molecule has 0 saturated heterocycles. The first kappa shape index (κ1) is 15.8. The quantitative estimate of drug-likeness (QED) is 0.623. The summed E-state index contributed by atoms with van der Waals surface area (Å²) in [6.45, 7) is 2.14. The number of esters is 1. The maximum Gasteiger partial charge on any atom is 0.311 e. The zero-order chi connectivity index (χ0) is 16.2. The maximum atomic E-state index is 13.1. The Morgan fingerprint density at radius 1 is 1.26 bits per heavy atom. The third-order valence-electron chi connectivity index (χ3n) is 3.15. The average molecular weight is 347 g/mol. The van der Waals surface area contributed by atoms with E-state index in [4.69, 9.17) is 4.74 Å². The molecule has 2 heterocycles. The number of nitrogens with zero attached hydrogens (tertiary/aromatic N) is 1. The van der Waals surface area contributed by atoms with E-state index < -0.39 is 0 Å². The van der Waals surface area contributed by atoms with E-state index in [-0.39, 0.29) is 18.2 Å². The molecule has 0 unspecified atom stereocenters. The third-order valence-corrected chi connectivity index (χ3v) is 5.13. The molecule has 0 radical (unpaired) electrons. The number of carbonyl (C=O) groups is 1. The number of hydrogen-bond donors (Lipinski definition) is 0. The van der Waals surface area contributed by atoms with Crippen molar-refractivity contribution in [3.63, 3.8) is 0 Å². The van der Waals surface area contributed by atoms with Crippen LogP contribution in [0.2, 0.25) is 0 Å². The first-order valence-electron chi connectivity index (χ1n) is 7.12. The molecular formula is C17H14FNO2S2. The number of thiazole rings is 1. The van der Waals surface area contributed by atoms with E-state index in [1.807, 2.05) is 17.5 Å². The van der Waals surface area contributed by atoms with Crippen molar-refractivity contribution >= 4 is 28.6 Å². The Morgan fingerprint density at radius 3 is 2.70 bits per heavy atom. The SMILES string of the molecule is CCOC(=O)Cc1sc(-c2ccc(F)cc2)nc1-c1cccs1. The Kier molecular flexibility index (Phi) is 4.83. The van der Waals surface area contributed by atoms with Crippen molar-refractivity contribution in [3.8, 4) is 21.1 Å². The third kappa shape index (κ3) is 3.65. The number of carbonyl (C=O) groups excluding carboxylic acids is 1. The molecule has 0 bridgehead atoms. The topological polar surface area (TPSA) is 39.2 Å². The fourth-order valence-corrected chi connectivity index (χ4v) is 4.01. The second-order valence-electron chi connectivity index (χ2n) is 4.76. The summed E-state index contributed by atoms with van der Waals surface area (Å²) in [4.78, 5) is 18.4. The van der Waals surface area contributed by atoms with Crippen LogP contribution in [0.5, 0.6) is 0 Å². The number of thiophene rings is 1. The minimum absolute atomic E-state index is 0.194. The van der Waals surface area contributed by atoms with Crippen LogP contribution in [0.1, 0.15) is 11.8 Å². The van der Waals surface area contributed by atoms with Gasteiger partial charge in [0.15, 0.2) is 0 Å². The summed E-state index contributed by atoms with van der Waals surface area (Å²) in [5, 5.41) is 2.74. The van der Waals surface area contributed by atoms with Gasteiger partial charge in [-0.15, -0.1) is 22.7 Å². The highest BCUT2D eigenvalue weighted by atomic mass is 32.1. The van der Waals surface area contributed by atoms with Gasteiger partial charge in [0.05, 0.1) is 23.6 Å². The molecule has 3 rings (SSSR count). The number of benzene rings is 1. The van der Waals surface area contributed by atoms with Crippen molar-refractivity contribution in [1.29, 1.82) is 0 Å². The van der Waals surface area contributed by atoms with Crippen LogP contribution in [0.3, 0.4) is 0 Å². The van der Waals surface area contributed by atoms with Gasteiger partial charge in [-0.1, -0.05) is 6.07 Å². The molecule has 23 heavy (non-hydrogen) atoms. The van der Waals surface area contributed by atoms with Crippen LogP contribution in [0.25, 0.3) is 21.1 Å². The van der Waals surface area contributed by atoms with E-state index in [1.54, 1.807) is 30.4 Å². The summed E-state index contributed by atoms with van der Waals surface area (Å²) in [7, 11) is 0. The monoisotopic (exact) mass is 347 g/mol. The number of ether oxygens (including phenoxy) is 1. The largest absolute Gasteiger partial charge is 0.466 e. The van der Waals surface area contributed by atoms with E-state index >= 15 is 0 Å². The van der Waals surface area contributed by atoms with Crippen molar-refractivity contribution in [3.05, 3.63) is 52.5 Å². The number of rotatable bonds is 5. The molecule has 6 heteroatoms. The highest BCUT2D eigenvalue weighted by Crippen LogP contribution is 2.36. The van der Waals surface area contributed by atoms with Gasteiger partial charge >= 0.3 is 5.97 Å². The molecule has 0 saturated carbocycles. The van der Waals surface area contributed by atoms with E-state index in [0.29, 0.717) is 6.61 Å². The Bertz CT molecular complexity index is 795. The predicted molar refractivity (Wildman–Crippen MR) is 91.2 cm³/mol. The molecule has 3 aromatic rings. The van der Waals surface area contributed by atoms with Gasteiger partial charge < -0.3 is 4.74 Å². The second-order valence-corrected chi connectivity index (χ2v) is 6.79. The maximum absolute atomic E-state index is 13.1. The van der Waals surface area contributed by atoms with Crippen molar-refractivity contribution in [2.75, 3.05) is 6.61 Å². The molecule has 1 aromatic carbocycles. The Morgan fingerprint density at radius 2 is 2.04 bits per heavy atom. The van der Waals surface area contributed by atoms with Crippen LogP contribution in [-0.2, 0) is 16.0 Å². The van der Waals surface area contributed by atoms with Crippen LogP contribution in [0, 0.1) is 5.82 Å². The highest BCUT2D eigenvalue weighted by Gasteiger charge is 2.18. The van der Waals surface area contributed by atoms with Gasteiger partial charge in [-0.05, 0) is 42.6 Å². The minimum Gasteiger partial charge on any atom is -0.466 e. The molecule has 0 fully saturated rings. The van der Waals surface area contributed by atoms with Crippen LogP contribution in [0.15, 0.2) is 41.8 Å². The molecule has 118 valence electrons. The standard InChI is InChI=1S/C17H14FNO2S2/c1-2-21-15(20)10-14-16(13-4-3-9-22-13)19-17(23-14)11-5-7-12(18)8-6-11/h3-9H,2,10H2,1H3. The van der Waals surface area contributed by atoms with Gasteiger partial charge in [0.1, 0.15) is 10.8 Å². The van der Waals surface area contributed by atoms with Crippen molar-refractivity contribution in [2.24, 2.45) is 0 Å². The van der Waals surface area contributed by atoms with Gasteiger partial charge in [-0.3, -0.25) is 4.79 Å². The summed E-state index contributed by atoms with van der Waals surface area (Å²) in [5.74, 6) is -0.546. The number of halogens is 1. The molecule has 0 aliphatic heterocycles. The second kappa shape index (κ2) is 7.02. The molecule has 0 atom stereocenters. The van der Waals surface area contributed by atoms with Crippen LogP contribution < -0.4 is 0 Å². The molecule has 2 aromatic heterocycles. The summed E-state index contributed by atoms with van der Waals surface area (Å²) in [5.41, 5.74) is 1.64. The summed E-state index contributed by atoms with van der Waals surface area (Å²) >= 11 is 3.02. The Labute approximate surface area is 141 Å². The first-order valence-corrected chi connectivity index (χ1v) is 8.82. The lowest BCUT2D eigenvalue weighted by atomic mass is 10.2. The van der Waals surface area contributed by atoms with Gasteiger partial charge in [0.25, 0.3) is 0 Å². The van der Waals surface area contributed by atoms with E-state index in [9.17, 15) is 9.18 Å². The van der Waals surface area contributed by atoms with Crippen molar-refractivity contribution < 1.29 is 13.9 Å². The summed E-state index contributed by atoms with van der Waals surface area (Å²) < 4.78 is 18.1. The molecular weight excluding hydrogens is 333 g/mol. The van der Waals surface area contributed by atoms with E-state index in [1.165, 1.54) is 23.5 Å². The Hall–Kier alpha value is -2.05. The van der Waals surface area contributed by atoms with Gasteiger partial charge in [-0.2, -0.15) is 0 Å². The highest BCUT2D eigenvalue weighted by molar-refractivity contribution is 7.17. The molecule has 0 amide bonds. The fraction of sp³-hybridized carbons (Fsp3) is 0.176. The van der Waals surface area contributed by atoms with Crippen LogP contribution in [0.4, 0.5) is 4.39 Å². The van der Waals surface area contributed by atoms with Crippen molar-refractivity contribution in [1.82, 2.24) is 4.98 Å². The van der Waals surface area contributed by atoms with E-state index in [2.05, 4.69) is 4.98 Å². The fourth-order valence-electron chi connectivity index (χ4n) is 2.14. The van der Waals surface area contributed by atoms with Crippen LogP contribution >= 0.6 is 22.7 Å². The minimum atomic E-state index is -0.282. The normalized spacial score (nSPS) is 10.7. The van der Waals surface area contributed by atoms with Gasteiger partial charge in [0, 0.05) is 10.4 Å². The van der Waals surface area contributed by atoms with Crippen LogP contribution in [-0.4, -0.2) is 17.6 Å². The molecule has 0 N–H and O–H groups in total. The number of hydrogen-bond acceptors (Lipinski definition) is 5. The Balaban J connectivity index is 1.99. The van der Waals surface area contributed by atoms with Gasteiger partial charge in [-0.25, -0.2) is 9.37 Å². The zero-order valence-corrected chi connectivity index (χ0v) is 14.0. The smallest absolute Gasteiger partial charge is 0.311 e. The average Bonchev–Trinajstić information content (AvgIpc) is 3.17. The summed E-state index contributed by atoms with van der Waals surface area (Å²) in [6.07, 6.45) is 0.194. The van der Waals surface area contributed by atoms with Crippen molar-refractivity contribution in [2.45, 2.75) is 13.3 Å². The zero-order valence-electron chi connectivity index (χ0n) is 12.4. The summed E-state index contributed by atoms with van der Waals surface area (Å²) in [6, 6.07) is 10.1.